The second kappa shape index (κ2) is 5.75. The van der Waals surface area contributed by atoms with Crippen LogP contribution in [-0.2, 0) is 0 Å². The molecule has 0 N–H and O–H groups in total. The molecule has 1 aliphatic rings. The second-order valence-corrected chi connectivity index (χ2v) is 8.31. The van der Waals surface area contributed by atoms with Crippen LogP contribution in [0.2, 0.25) is 0 Å². The quantitative estimate of drug-likeness (QED) is 0.478. The average molecular weight is 324 g/mol. The normalized spacial score (nSPS) is 14.1. The Balaban J connectivity index is 1.90. The Bertz CT molecular complexity index is 766. The van der Waals surface area contributed by atoms with E-state index in [-0.39, 0.29) is 0 Å². The lowest BCUT2D eigenvalue weighted by Gasteiger charge is -2.31. The maximum Gasteiger partial charge on any atom is 0.118 e. The van der Waals surface area contributed by atoms with Crippen LogP contribution in [0.3, 0.4) is 0 Å². The predicted octanol–water partition coefficient (Wildman–Crippen LogP) is 5.64. The standard InChI is InChI=1S/C19H16OS2/c1-20-14-10-12-15(13-11-14)22-18-8-4-2-6-16(18)21-17-7-3-5-9-19(17)22/h2-13,22H,1H3. The third-order valence-electron chi connectivity index (χ3n) is 3.76. The summed E-state index contributed by atoms with van der Waals surface area (Å²) in [7, 11) is 1.22. The molecule has 22 heavy (non-hydrogen) atoms. The van der Waals surface area contributed by atoms with Crippen molar-refractivity contribution in [3.63, 3.8) is 0 Å². The highest BCUT2D eigenvalue weighted by molar-refractivity contribution is 8.18. The molecule has 3 aromatic rings. The summed E-state index contributed by atoms with van der Waals surface area (Å²) in [6.07, 6.45) is 0. The third kappa shape index (κ3) is 2.31. The Morgan fingerprint density at radius 1 is 0.727 bits per heavy atom. The first-order valence-corrected chi connectivity index (χ1v) is 9.33. The molecular weight excluding hydrogens is 308 g/mol. The van der Waals surface area contributed by atoms with Gasteiger partial charge in [0, 0.05) is 19.6 Å². The molecule has 0 saturated carbocycles. The van der Waals surface area contributed by atoms with Crippen molar-refractivity contribution in [1.82, 2.24) is 0 Å². The maximum absolute atomic E-state index is 5.30. The minimum Gasteiger partial charge on any atom is -0.497 e. The molecule has 0 radical (unpaired) electrons. The molecule has 0 saturated heterocycles. The number of thiol groups is 1. The fourth-order valence-electron chi connectivity index (χ4n) is 2.71. The van der Waals surface area contributed by atoms with Crippen molar-refractivity contribution in [2.24, 2.45) is 0 Å². The second-order valence-electron chi connectivity index (χ2n) is 5.07. The monoisotopic (exact) mass is 324 g/mol. The van der Waals surface area contributed by atoms with E-state index in [2.05, 4.69) is 72.8 Å². The molecule has 0 fully saturated rings. The molecule has 110 valence electrons. The maximum atomic E-state index is 5.30. The summed E-state index contributed by atoms with van der Waals surface area (Å²) in [6.45, 7) is 0. The molecule has 0 amide bonds. The molecule has 0 aliphatic carbocycles. The summed E-state index contributed by atoms with van der Waals surface area (Å²) in [5.74, 6) is 0.909. The summed E-state index contributed by atoms with van der Waals surface area (Å²) >= 11 is 1.88. The highest BCUT2D eigenvalue weighted by Crippen LogP contribution is 2.61. The van der Waals surface area contributed by atoms with Crippen LogP contribution in [0.25, 0.3) is 0 Å². The lowest BCUT2D eigenvalue weighted by atomic mass is 10.3. The van der Waals surface area contributed by atoms with Gasteiger partial charge in [0.25, 0.3) is 0 Å². The first kappa shape index (κ1) is 13.8. The van der Waals surface area contributed by atoms with Crippen LogP contribution in [-0.4, -0.2) is 7.11 Å². The molecule has 4 rings (SSSR count). The first-order valence-electron chi connectivity index (χ1n) is 7.17. The number of methoxy groups -OCH3 is 1. The largest absolute Gasteiger partial charge is 0.497 e. The van der Waals surface area contributed by atoms with Crippen molar-refractivity contribution in [3.8, 4) is 5.75 Å². The summed E-state index contributed by atoms with van der Waals surface area (Å²) in [6, 6.07) is 26.1. The van der Waals surface area contributed by atoms with Crippen LogP contribution in [0.4, 0.5) is 0 Å². The molecular formula is C19H16OS2. The Labute approximate surface area is 137 Å². The van der Waals surface area contributed by atoms with E-state index in [1.54, 1.807) is 7.11 Å². The zero-order chi connectivity index (χ0) is 14.9. The highest BCUT2D eigenvalue weighted by atomic mass is 32.2. The van der Waals surface area contributed by atoms with Crippen LogP contribution >= 0.6 is 22.7 Å². The van der Waals surface area contributed by atoms with Crippen molar-refractivity contribution in [3.05, 3.63) is 72.8 Å². The van der Waals surface area contributed by atoms with E-state index in [1.807, 2.05) is 11.8 Å². The van der Waals surface area contributed by atoms with E-state index in [0.717, 1.165) is 5.75 Å². The van der Waals surface area contributed by atoms with E-state index >= 15 is 0 Å². The van der Waals surface area contributed by atoms with Crippen LogP contribution < -0.4 is 4.74 Å². The molecule has 3 heteroatoms. The summed E-state index contributed by atoms with van der Waals surface area (Å²) in [5, 5.41) is 0. The lowest BCUT2D eigenvalue weighted by Crippen LogP contribution is -1.97. The Kier molecular flexibility index (Phi) is 3.60. The van der Waals surface area contributed by atoms with Gasteiger partial charge in [-0.05, 0) is 53.4 Å². The number of rotatable bonds is 2. The molecule has 0 spiro atoms. The van der Waals surface area contributed by atoms with Crippen molar-refractivity contribution in [2.45, 2.75) is 24.5 Å². The van der Waals surface area contributed by atoms with Crippen LogP contribution in [0.5, 0.6) is 5.75 Å². The van der Waals surface area contributed by atoms with Crippen molar-refractivity contribution in [1.29, 1.82) is 0 Å². The number of fused-ring (bicyclic) bond motifs is 2. The van der Waals surface area contributed by atoms with E-state index < -0.39 is 10.9 Å². The Morgan fingerprint density at radius 2 is 1.27 bits per heavy atom. The van der Waals surface area contributed by atoms with Gasteiger partial charge in [-0.15, -0.1) is 0 Å². The minimum atomic E-state index is -0.492. The van der Waals surface area contributed by atoms with Gasteiger partial charge in [-0.2, -0.15) is 10.9 Å². The summed E-state index contributed by atoms with van der Waals surface area (Å²) in [4.78, 5) is 7.03. The number of hydrogen-bond acceptors (Lipinski definition) is 2. The van der Waals surface area contributed by atoms with Gasteiger partial charge in [0.15, 0.2) is 0 Å². The zero-order valence-electron chi connectivity index (χ0n) is 12.2. The predicted molar refractivity (Wildman–Crippen MR) is 93.8 cm³/mol. The lowest BCUT2D eigenvalue weighted by molar-refractivity contribution is 0.414. The minimum absolute atomic E-state index is 0.492. The summed E-state index contributed by atoms with van der Waals surface area (Å²) in [5.41, 5.74) is 0. The van der Waals surface area contributed by atoms with Crippen LogP contribution in [0, 0.1) is 0 Å². The average Bonchev–Trinajstić information content (AvgIpc) is 2.60. The van der Waals surface area contributed by atoms with Gasteiger partial charge < -0.3 is 4.74 Å². The van der Waals surface area contributed by atoms with Crippen LogP contribution in [0.15, 0.2) is 97.3 Å². The van der Waals surface area contributed by atoms with Crippen molar-refractivity contribution < 1.29 is 4.74 Å². The molecule has 0 aromatic heterocycles. The molecule has 0 unspecified atom stereocenters. The van der Waals surface area contributed by atoms with Gasteiger partial charge in [0.1, 0.15) is 5.75 Å². The topological polar surface area (TPSA) is 9.23 Å². The fourth-order valence-corrected chi connectivity index (χ4v) is 6.73. The van der Waals surface area contributed by atoms with Gasteiger partial charge in [-0.25, -0.2) is 0 Å². The summed E-state index contributed by atoms with van der Waals surface area (Å²) < 4.78 is 5.30. The van der Waals surface area contributed by atoms with Crippen molar-refractivity contribution >= 4 is 22.7 Å². The van der Waals surface area contributed by atoms with Crippen LogP contribution in [0.1, 0.15) is 0 Å². The Morgan fingerprint density at radius 3 is 1.82 bits per heavy atom. The van der Waals surface area contributed by atoms with E-state index in [0.29, 0.717) is 0 Å². The molecule has 1 heterocycles. The van der Waals surface area contributed by atoms with Gasteiger partial charge in [-0.3, -0.25) is 0 Å². The molecule has 0 bridgehead atoms. The Hall–Kier alpha value is -1.84. The van der Waals surface area contributed by atoms with Gasteiger partial charge in [-0.1, -0.05) is 36.0 Å². The van der Waals surface area contributed by atoms with E-state index in [4.69, 9.17) is 4.74 Å². The fraction of sp³-hybridized carbons (Fsp3) is 0.0526. The number of hydrogen-bond donors (Lipinski definition) is 1. The highest BCUT2D eigenvalue weighted by Gasteiger charge is 2.24. The molecule has 0 atom stereocenters. The third-order valence-corrected chi connectivity index (χ3v) is 7.78. The van der Waals surface area contributed by atoms with E-state index in [9.17, 15) is 0 Å². The van der Waals surface area contributed by atoms with E-state index in [1.165, 1.54) is 24.5 Å². The zero-order valence-corrected chi connectivity index (χ0v) is 13.9. The molecule has 3 aromatic carbocycles. The smallest absolute Gasteiger partial charge is 0.118 e. The number of ether oxygens (including phenoxy) is 1. The SMILES string of the molecule is COc1ccc([SH]2c3ccccc3Sc3ccccc32)cc1. The van der Waals surface area contributed by atoms with Gasteiger partial charge in [0.05, 0.1) is 7.11 Å². The van der Waals surface area contributed by atoms with Crippen molar-refractivity contribution in [2.75, 3.05) is 7.11 Å². The van der Waals surface area contributed by atoms with Gasteiger partial charge in [0.2, 0.25) is 0 Å². The first-order chi connectivity index (χ1) is 10.9. The number of benzene rings is 3. The molecule has 1 aliphatic heterocycles. The van der Waals surface area contributed by atoms with Gasteiger partial charge >= 0.3 is 0 Å². The molecule has 1 nitrogen and oxygen atoms in total.